The molecule has 1 saturated carbocycles. The Morgan fingerprint density at radius 3 is 2.62 bits per heavy atom. The molecule has 1 aromatic rings. The third kappa shape index (κ3) is 4.03. The number of hydrogen-bond acceptors (Lipinski definition) is 6. The summed E-state index contributed by atoms with van der Waals surface area (Å²) in [5, 5.41) is 6.95. The zero-order valence-corrected chi connectivity index (χ0v) is 14.7. The van der Waals surface area contributed by atoms with Gasteiger partial charge in [0.1, 0.15) is 10.7 Å². The quantitative estimate of drug-likeness (QED) is 0.774. The molecule has 0 unspecified atom stereocenters. The van der Waals surface area contributed by atoms with Gasteiger partial charge in [0.05, 0.1) is 0 Å². The first-order chi connectivity index (χ1) is 9.75. The minimum atomic E-state index is -0.118. The van der Waals surface area contributed by atoms with Crippen LogP contribution in [0.3, 0.4) is 0 Å². The van der Waals surface area contributed by atoms with Crippen LogP contribution in [0.15, 0.2) is 0 Å². The molecule has 1 heterocycles. The zero-order valence-electron chi connectivity index (χ0n) is 13.1. The van der Waals surface area contributed by atoms with Gasteiger partial charge in [-0.1, -0.05) is 17.8 Å². The van der Waals surface area contributed by atoms with E-state index in [9.17, 15) is 4.79 Å². The molecular formula is C14H24N4OS2. The van der Waals surface area contributed by atoms with Gasteiger partial charge >= 0.3 is 0 Å². The third-order valence-electron chi connectivity index (χ3n) is 3.61. The van der Waals surface area contributed by atoms with Crippen molar-refractivity contribution in [3.63, 3.8) is 0 Å². The number of anilines is 2. The first-order valence-electron chi connectivity index (χ1n) is 7.12. The molecule has 0 bridgehead atoms. The predicted molar refractivity (Wildman–Crippen MR) is 92.3 cm³/mol. The fraction of sp³-hybridized carbons (Fsp3) is 0.714. The van der Waals surface area contributed by atoms with E-state index in [-0.39, 0.29) is 16.2 Å². The second-order valence-corrected chi connectivity index (χ2v) is 8.81. The summed E-state index contributed by atoms with van der Waals surface area (Å²) in [5.74, 6) is 0.184. The van der Waals surface area contributed by atoms with E-state index in [1.165, 1.54) is 30.6 Å². The highest BCUT2D eigenvalue weighted by atomic mass is 32.2. The van der Waals surface area contributed by atoms with Crippen LogP contribution < -0.4 is 16.4 Å². The molecule has 21 heavy (non-hydrogen) atoms. The Labute approximate surface area is 134 Å². The topological polar surface area (TPSA) is 80.0 Å². The number of nitrogen functional groups attached to an aromatic ring is 1. The fourth-order valence-electron chi connectivity index (χ4n) is 2.21. The second kappa shape index (κ2) is 6.04. The van der Waals surface area contributed by atoms with Crippen LogP contribution in [0, 0.1) is 0 Å². The lowest BCUT2D eigenvalue weighted by Gasteiger charge is -2.40. The third-order valence-corrected chi connectivity index (χ3v) is 6.01. The van der Waals surface area contributed by atoms with E-state index < -0.39 is 0 Å². The SMILES string of the molecule is CSC1(CNC(=O)c2sc(NC(C)(C)C)nc2N)CCC1. The van der Waals surface area contributed by atoms with Gasteiger partial charge in [-0.2, -0.15) is 11.8 Å². The summed E-state index contributed by atoms with van der Waals surface area (Å²) >= 11 is 3.16. The van der Waals surface area contributed by atoms with Gasteiger partial charge in [0.2, 0.25) is 0 Å². The van der Waals surface area contributed by atoms with Crippen molar-refractivity contribution in [3.05, 3.63) is 4.88 Å². The lowest BCUT2D eigenvalue weighted by Crippen LogP contribution is -2.45. The predicted octanol–water partition coefficient (Wildman–Crippen LogP) is 2.95. The monoisotopic (exact) mass is 328 g/mol. The number of rotatable bonds is 5. The van der Waals surface area contributed by atoms with Gasteiger partial charge in [-0.15, -0.1) is 0 Å². The number of thiazole rings is 1. The van der Waals surface area contributed by atoms with Gasteiger partial charge in [-0.3, -0.25) is 4.79 Å². The molecule has 4 N–H and O–H groups in total. The lowest BCUT2D eigenvalue weighted by molar-refractivity contribution is 0.0948. The van der Waals surface area contributed by atoms with Crippen molar-refractivity contribution in [2.75, 3.05) is 23.9 Å². The molecule has 0 aliphatic heterocycles. The van der Waals surface area contributed by atoms with Crippen molar-refractivity contribution in [1.82, 2.24) is 10.3 Å². The Bertz CT molecular complexity index is 512. The van der Waals surface area contributed by atoms with E-state index in [2.05, 4.69) is 21.9 Å². The van der Waals surface area contributed by atoms with E-state index in [4.69, 9.17) is 5.73 Å². The van der Waals surface area contributed by atoms with Gasteiger partial charge in [-0.25, -0.2) is 4.98 Å². The van der Waals surface area contributed by atoms with Crippen LogP contribution in [0.2, 0.25) is 0 Å². The molecule has 0 atom stereocenters. The lowest BCUT2D eigenvalue weighted by atomic mass is 9.84. The normalized spacial score (nSPS) is 17.1. The molecule has 1 amide bonds. The van der Waals surface area contributed by atoms with E-state index in [1.54, 1.807) is 0 Å². The van der Waals surface area contributed by atoms with Crippen LogP contribution >= 0.6 is 23.1 Å². The Balaban J connectivity index is 1.99. The highest BCUT2D eigenvalue weighted by molar-refractivity contribution is 8.00. The summed E-state index contributed by atoms with van der Waals surface area (Å²) in [7, 11) is 0. The van der Waals surface area contributed by atoms with Gasteiger partial charge in [-0.05, 0) is 39.9 Å². The number of hydrogen-bond donors (Lipinski definition) is 3. The Kier molecular flexibility index (Phi) is 4.72. The molecule has 1 aliphatic rings. The van der Waals surface area contributed by atoms with E-state index in [0.29, 0.717) is 22.4 Å². The number of aromatic nitrogens is 1. The Hall–Kier alpha value is -0.950. The number of thioether (sulfide) groups is 1. The molecule has 5 nitrogen and oxygen atoms in total. The molecule has 1 fully saturated rings. The van der Waals surface area contributed by atoms with Crippen LogP contribution in [0.25, 0.3) is 0 Å². The highest BCUT2D eigenvalue weighted by Gasteiger charge is 2.36. The summed E-state index contributed by atoms with van der Waals surface area (Å²) in [6, 6.07) is 0. The van der Waals surface area contributed by atoms with Crippen molar-refractivity contribution < 1.29 is 4.79 Å². The van der Waals surface area contributed by atoms with Crippen LogP contribution in [0.4, 0.5) is 10.9 Å². The maximum absolute atomic E-state index is 12.3. The minimum Gasteiger partial charge on any atom is -0.382 e. The molecule has 0 radical (unpaired) electrons. The van der Waals surface area contributed by atoms with E-state index in [0.717, 1.165) is 0 Å². The number of nitrogens with two attached hydrogens (primary N) is 1. The Morgan fingerprint density at radius 1 is 1.48 bits per heavy atom. The van der Waals surface area contributed by atoms with Crippen molar-refractivity contribution in [1.29, 1.82) is 0 Å². The molecular weight excluding hydrogens is 304 g/mol. The number of carbonyl (C=O) groups excluding carboxylic acids is 1. The second-order valence-electron chi connectivity index (χ2n) is 6.53. The number of carbonyl (C=O) groups is 1. The summed E-state index contributed by atoms with van der Waals surface area (Å²) in [5.41, 5.74) is 5.77. The van der Waals surface area contributed by atoms with Crippen molar-refractivity contribution in [2.45, 2.75) is 50.3 Å². The van der Waals surface area contributed by atoms with Crippen LogP contribution in [0.5, 0.6) is 0 Å². The largest absolute Gasteiger partial charge is 0.382 e. The van der Waals surface area contributed by atoms with Crippen LogP contribution in [0.1, 0.15) is 49.7 Å². The van der Waals surface area contributed by atoms with Gasteiger partial charge in [0.25, 0.3) is 5.91 Å². The van der Waals surface area contributed by atoms with Crippen LogP contribution in [-0.4, -0.2) is 34.0 Å². The summed E-state index contributed by atoms with van der Waals surface area (Å²) in [4.78, 5) is 17.0. The van der Waals surface area contributed by atoms with Crippen molar-refractivity contribution in [3.8, 4) is 0 Å². The number of nitrogens with one attached hydrogen (secondary N) is 2. The molecule has 7 heteroatoms. The fourth-order valence-corrected chi connectivity index (χ4v) is 4.14. The van der Waals surface area contributed by atoms with E-state index in [1.807, 2.05) is 32.5 Å². The number of amides is 1. The van der Waals surface area contributed by atoms with E-state index >= 15 is 0 Å². The molecule has 0 spiro atoms. The maximum atomic E-state index is 12.3. The average Bonchev–Trinajstić information content (AvgIpc) is 2.66. The van der Waals surface area contributed by atoms with Crippen molar-refractivity contribution >= 4 is 40.0 Å². The highest BCUT2D eigenvalue weighted by Crippen LogP contribution is 2.42. The first kappa shape index (κ1) is 16.4. The average molecular weight is 329 g/mol. The number of nitrogens with zero attached hydrogens (tertiary/aromatic N) is 1. The first-order valence-corrected chi connectivity index (χ1v) is 9.17. The Morgan fingerprint density at radius 2 is 2.14 bits per heavy atom. The smallest absolute Gasteiger partial charge is 0.265 e. The van der Waals surface area contributed by atoms with Crippen LogP contribution in [-0.2, 0) is 0 Å². The van der Waals surface area contributed by atoms with Crippen molar-refractivity contribution in [2.24, 2.45) is 0 Å². The summed E-state index contributed by atoms with van der Waals surface area (Å²) in [6.07, 6.45) is 5.70. The zero-order chi connectivity index (χ0) is 15.7. The molecule has 0 saturated heterocycles. The van der Waals surface area contributed by atoms with Gasteiger partial charge < -0.3 is 16.4 Å². The standard InChI is InChI=1S/C14H24N4OS2/c1-13(2,3)18-12-17-10(15)9(21-12)11(19)16-8-14(20-4)6-5-7-14/h5-8,15H2,1-4H3,(H,16,19)(H,17,18). The molecule has 1 aromatic heterocycles. The summed E-state index contributed by atoms with van der Waals surface area (Å²) < 4.78 is 0.224. The molecule has 0 aromatic carbocycles. The summed E-state index contributed by atoms with van der Waals surface area (Å²) in [6.45, 7) is 6.84. The van der Waals surface area contributed by atoms with Gasteiger partial charge in [0, 0.05) is 16.8 Å². The molecule has 1 aliphatic carbocycles. The molecule has 118 valence electrons. The maximum Gasteiger partial charge on any atom is 0.265 e. The minimum absolute atomic E-state index is 0.104. The molecule has 2 rings (SSSR count). The van der Waals surface area contributed by atoms with Gasteiger partial charge in [0.15, 0.2) is 5.13 Å².